The van der Waals surface area contributed by atoms with Crippen molar-refractivity contribution in [2.75, 3.05) is 0 Å². The molecule has 0 aromatic carbocycles. The summed E-state index contributed by atoms with van der Waals surface area (Å²) in [6.07, 6.45) is 13.6. The highest BCUT2D eigenvalue weighted by Crippen LogP contribution is 2.47. The molecule has 1 N–H and O–H groups in total. The van der Waals surface area contributed by atoms with Gasteiger partial charge in [0.05, 0.1) is 5.60 Å². The summed E-state index contributed by atoms with van der Waals surface area (Å²) < 4.78 is 0. The van der Waals surface area contributed by atoms with Gasteiger partial charge in [-0.2, -0.15) is 0 Å². The van der Waals surface area contributed by atoms with Gasteiger partial charge in [0.15, 0.2) is 5.78 Å². The van der Waals surface area contributed by atoms with Crippen LogP contribution in [0.1, 0.15) is 40.5 Å². The number of hydrogen-bond donors (Lipinski definition) is 1. The summed E-state index contributed by atoms with van der Waals surface area (Å²) in [4.78, 5) is 10.9. The first-order valence-corrected chi connectivity index (χ1v) is 7.77. The van der Waals surface area contributed by atoms with Gasteiger partial charge < -0.3 is 5.11 Å². The minimum absolute atomic E-state index is 0.0637. The molecule has 2 aliphatic rings. The minimum Gasteiger partial charge on any atom is -0.390 e. The molecule has 114 valence electrons. The number of hydrogen-bond acceptors (Lipinski definition) is 2. The lowest BCUT2D eigenvalue weighted by Crippen LogP contribution is -2.42. The first-order chi connectivity index (χ1) is 9.80. The fourth-order valence-corrected chi connectivity index (χ4v) is 3.91. The van der Waals surface area contributed by atoms with E-state index in [4.69, 9.17) is 0 Å². The van der Waals surface area contributed by atoms with Crippen molar-refractivity contribution >= 4 is 5.78 Å². The molecular formula is C19H26O2. The van der Waals surface area contributed by atoms with Crippen LogP contribution >= 0.6 is 0 Å². The molecule has 0 heterocycles. The molecule has 2 heteroatoms. The molecule has 1 saturated carbocycles. The normalized spacial score (nSPS) is 36.5. The van der Waals surface area contributed by atoms with Crippen LogP contribution in [0.2, 0.25) is 0 Å². The fraction of sp³-hybridized carbons (Fsp3) is 0.526. The predicted octanol–water partition coefficient (Wildman–Crippen LogP) is 3.99. The molecule has 0 aromatic rings. The van der Waals surface area contributed by atoms with Gasteiger partial charge in [-0.05, 0) is 68.6 Å². The van der Waals surface area contributed by atoms with Gasteiger partial charge in [0.1, 0.15) is 0 Å². The van der Waals surface area contributed by atoms with E-state index in [1.165, 1.54) is 11.1 Å². The highest BCUT2D eigenvalue weighted by Gasteiger charge is 2.42. The Morgan fingerprint density at radius 1 is 1.38 bits per heavy atom. The minimum atomic E-state index is -0.556. The van der Waals surface area contributed by atoms with E-state index in [1.807, 2.05) is 13.0 Å². The van der Waals surface area contributed by atoms with Crippen LogP contribution in [-0.4, -0.2) is 16.5 Å². The van der Waals surface area contributed by atoms with Crippen molar-refractivity contribution in [3.8, 4) is 0 Å². The second kappa shape index (κ2) is 6.15. The molecule has 2 nitrogen and oxygen atoms in total. The Morgan fingerprint density at radius 3 is 2.76 bits per heavy atom. The number of carbonyl (C=O) groups excluding carboxylic acids is 1. The van der Waals surface area contributed by atoms with E-state index in [0.29, 0.717) is 17.8 Å². The topological polar surface area (TPSA) is 37.3 Å². The Bertz CT molecular complexity index is 532. The van der Waals surface area contributed by atoms with Crippen LogP contribution in [-0.2, 0) is 4.79 Å². The monoisotopic (exact) mass is 286 g/mol. The summed E-state index contributed by atoms with van der Waals surface area (Å²) in [7, 11) is 0. The fourth-order valence-electron chi connectivity index (χ4n) is 3.91. The van der Waals surface area contributed by atoms with Crippen molar-refractivity contribution in [1.82, 2.24) is 0 Å². The van der Waals surface area contributed by atoms with E-state index in [2.05, 4.69) is 32.1 Å². The summed E-state index contributed by atoms with van der Waals surface area (Å²) in [6.45, 7) is 7.88. The SMILES string of the molecule is CC(=O)/C=C/C=C/C1=C(C)C=C[C@H]2C[C@](C)(O)C[C@@H](C)[C@H]12. The smallest absolute Gasteiger partial charge is 0.152 e. The van der Waals surface area contributed by atoms with Gasteiger partial charge in [0.2, 0.25) is 0 Å². The molecule has 1 fully saturated rings. The average molecular weight is 286 g/mol. The van der Waals surface area contributed by atoms with Gasteiger partial charge in [0, 0.05) is 0 Å². The Morgan fingerprint density at radius 2 is 2.10 bits per heavy atom. The van der Waals surface area contributed by atoms with E-state index < -0.39 is 5.60 Å². The maximum atomic E-state index is 10.9. The number of fused-ring (bicyclic) bond motifs is 1. The zero-order chi connectivity index (χ0) is 15.6. The lowest BCUT2D eigenvalue weighted by molar-refractivity contribution is -0.112. The number of allylic oxidation sites excluding steroid dienone is 8. The molecule has 0 unspecified atom stereocenters. The van der Waals surface area contributed by atoms with Crippen LogP contribution in [0.25, 0.3) is 0 Å². The van der Waals surface area contributed by atoms with Crippen molar-refractivity contribution < 1.29 is 9.90 Å². The summed E-state index contributed by atoms with van der Waals surface area (Å²) in [5, 5.41) is 10.4. The van der Waals surface area contributed by atoms with Crippen LogP contribution in [0.4, 0.5) is 0 Å². The Kier molecular flexibility index (Phi) is 4.67. The first kappa shape index (κ1) is 16.0. The third-order valence-corrected chi connectivity index (χ3v) is 4.64. The van der Waals surface area contributed by atoms with Gasteiger partial charge in [-0.1, -0.05) is 37.3 Å². The third kappa shape index (κ3) is 3.82. The summed E-state index contributed by atoms with van der Waals surface area (Å²) in [6, 6.07) is 0. The van der Waals surface area contributed by atoms with Crippen molar-refractivity contribution in [1.29, 1.82) is 0 Å². The molecular weight excluding hydrogens is 260 g/mol. The van der Waals surface area contributed by atoms with Gasteiger partial charge in [-0.15, -0.1) is 0 Å². The molecule has 0 saturated heterocycles. The molecule has 0 spiro atoms. The first-order valence-electron chi connectivity index (χ1n) is 7.77. The number of rotatable bonds is 3. The number of ketones is 1. The van der Waals surface area contributed by atoms with Crippen molar-refractivity contribution in [3.63, 3.8) is 0 Å². The van der Waals surface area contributed by atoms with Gasteiger partial charge >= 0.3 is 0 Å². The standard InChI is InChI=1S/C19H26O2/c1-13-9-10-16-12-19(4,21)11-14(2)18(16)17(13)8-6-5-7-15(3)20/h5-10,14,16,18,21H,11-12H2,1-4H3/b7-5+,8-6+/t14-,16+,18+,19-/m1/s1. The third-order valence-electron chi connectivity index (χ3n) is 4.64. The van der Waals surface area contributed by atoms with E-state index in [-0.39, 0.29) is 5.78 Å². The maximum absolute atomic E-state index is 10.9. The Labute approximate surface area is 127 Å². The molecule has 0 radical (unpaired) electrons. The second-order valence-corrected chi connectivity index (χ2v) is 6.90. The predicted molar refractivity (Wildman–Crippen MR) is 86.8 cm³/mol. The zero-order valence-electron chi connectivity index (χ0n) is 13.5. The number of carbonyl (C=O) groups is 1. The molecule has 21 heavy (non-hydrogen) atoms. The van der Waals surface area contributed by atoms with Gasteiger partial charge in [0.25, 0.3) is 0 Å². The van der Waals surface area contributed by atoms with E-state index in [0.717, 1.165) is 12.8 Å². The highest BCUT2D eigenvalue weighted by molar-refractivity contribution is 5.87. The van der Waals surface area contributed by atoms with E-state index in [9.17, 15) is 9.90 Å². The average Bonchev–Trinajstić information content (AvgIpc) is 2.35. The molecule has 2 aliphatic carbocycles. The molecule has 0 bridgehead atoms. The maximum Gasteiger partial charge on any atom is 0.152 e. The molecule has 2 rings (SSSR count). The van der Waals surface area contributed by atoms with Gasteiger partial charge in [-0.25, -0.2) is 0 Å². The molecule has 4 atom stereocenters. The van der Waals surface area contributed by atoms with Crippen molar-refractivity contribution in [2.45, 2.75) is 46.1 Å². The van der Waals surface area contributed by atoms with E-state index in [1.54, 1.807) is 19.1 Å². The van der Waals surface area contributed by atoms with Crippen LogP contribution in [0, 0.1) is 17.8 Å². The lowest BCUT2D eigenvalue weighted by Gasteiger charge is -2.45. The van der Waals surface area contributed by atoms with Crippen LogP contribution in [0.5, 0.6) is 0 Å². The lowest BCUT2D eigenvalue weighted by atomic mass is 9.62. The van der Waals surface area contributed by atoms with Crippen molar-refractivity contribution in [3.05, 3.63) is 47.6 Å². The van der Waals surface area contributed by atoms with Crippen molar-refractivity contribution in [2.24, 2.45) is 17.8 Å². The van der Waals surface area contributed by atoms with Crippen LogP contribution in [0.15, 0.2) is 47.6 Å². The molecule has 0 aromatic heterocycles. The van der Waals surface area contributed by atoms with E-state index >= 15 is 0 Å². The van der Waals surface area contributed by atoms with Crippen LogP contribution in [0.3, 0.4) is 0 Å². The summed E-state index contributed by atoms with van der Waals surface area (Å²) in [5.74, 6) is 1.39. The Balaban J connectivity index is 2.23. The molecule has 0 aliphatic heterocycles. The molecule has 0 amide bonds. The zero-order valence-corrected chi connectivity index (χ0v) is 13.5. The quantitative estimate of drug-likeness (QED) is 0.629. The van der Waals surface area contributed by atoms with Crippen LogP contribution < -0.4 is 0 Å². The summed E-state index contributed by atoms with van der Waals surface area (Å²) >= 11 is 0. The second-order valence-electron chi connectivity index (χ2n) is 6.90. The number of aliphatic hydroxyl groups is 1. The Hall–Kier alpha value is -1.41. The highest BCUT2D eigenvalue weighted by atomic mass is 16.3. The van der Waals surface area contributed by atoms with Gasteiger partial charge in [-0.3, -0.25) is 4.79 Å². The largest absolute Gasteiger partial charge is 0.390 e. The summed E-state index contributed by atoms with van der Waals surface area (Å²) in [5.41, 5.74) is 2.08.